The van der Waals surface area contributed by atoms with Crippen LogP contribution in [0.5, 0.6) is 0 Å². The molecule has 1 saturated heterocycles. The number of carbonyl (C=O) groups is 9. The SMILES string of the molecule is CCCN(NC(=O)[C@@H]1C[C@@H](OCc2ccccc2)CN1C(=O)[C@@H](NC(=O)[C@@H](NC(=O)[C@@H](CCC(=O)O)NC(=O)[C@H](CC(=O)O)NC(C)=O)[C@@H](C)CC)C(C)C)C(=O)OCc1ccccc1. The largest absolute Gasteiger partial charge is 0.481 e. The van der Waals surface area contributed by atoms with Crippen molar-refractivity contribution in [3.63, 3.8) is 0 Å². The van der Waals surface area contributed by atoms with Crippen molar-refractivity contribution in [2.24, 2.45) is 11.8 Å². The fraction of sp³-hybridized carbons (Fsp3) is 0.533. The van der Waals surface area contributed by atoms with Gasteiger partial charge in [-0.2, -0.15) is 0 Å². The van der Waals surface area contributed by atoms with Crippen molar-refractivity contribution in [1.29, 1.82) is 0 Å². The van der Waals surface area contributed by atoms with Gasteiger partial charge in [0.05, 0.1) is 19.1 Å². The Kier molecular flexibility index (Phi) is 21.3. The Morgan fingerprint density at radius 2 is 1.34 bits per heavy atom. The highest BCUT2D eigenvalue weighted by Crippen LogP contribution is 2.25. The van der Waals surface area contributed by atoms with Crippen LogP contribution >= 0.6 is 0 Å². The van der Waals surface area contributed by atoms with Crippen LogP contribution in [0, 0.1) is 11.8 Å². The molecule has 1 aliphatic rings. The van der Waals surface area contributed by atoms with Crippen LogP contribution in [0.25, 0.3) is 0 Å². The van der Waals surface area contributed by atoms with Crippen LogP contribution in [0.2, 0.25) is 0 Å². The highest BCUT2D eigenvalue weighted by atomic mass is 16.6. The molecular weight excluding hydrogens is 847 g/mol. The highest BCUT2D eigenvalue weighted by molar-refractivity contribution is 5.97. The number of ether oxygens (including phenoxy) is 2. The minimum Gasteiger partial charge on any atom is -0.481 e. The lowest BCUT2D eigenvalue weighted by molar-refractivity contribution is -0.144. The number of carbonyl (C=O) groups excluding carboxylic acids is 7. The van der Waals surface area contributed by atoms with Crippen LogP contribution < -0.4 is 26.7 Å². The third-order valence-electron chi connectivity index (χ3n) is 10.7. The van der Waals surface area contributed by atoms with E-state index in [1.807, 2.05) is 43.3 Å². The Morgan fingerprint density at radius 1 is 0.754 bits per heavy atom. The van der Waals surface area contributed by atoms with Gasteiger partial charge in [-0.25, -0.2) is 9.80 Å². The van der Waals surface area contributed by atoms with Crippen molar-refractivity contribution in [2.45, 2.75) is 130 Å². The maximum Gasteiger partial charge on any atom is 0.429 e. The fourth-order valence-corrected chi connectivity index (χ4v) is 6.95. The molecule has 1 aliphatic heterocycles. The predicted molar refractivity (Wildman–Crippen MR) is 234 cm³/mol. The number of benzene rings is 2. The minimum absolute atomic E-state index is 0.0451. The third kappa shape index (κ3) is 17.2. The molecule has 2 aromatic rings. The molecule has 0 saturated carbocycles. The zero-order chi connectivity index (χ0) is 48.2. The molecule has 0 aromatic heterocycles. The van der Waals surface area contributed by atoms with Crippen molar-refractivity contribution < 1.29 is 62.8 Å². The molecule has 7 amide bonds. The lowest BCUT2D eigenvalue weighted by Crippen LogP contribution is -2.61. The molecule has 20 heteroatoms. The van der Waals surface area contributed by atoms with E-state index >= 15 is 0 Å². The number of likely N-dealkylation sites (tertiary alicyclic amines) is 1. The molecule has 3 rings (SSSR count). The van der Waals surface area contributed by atoms with Gasteiger partial charge in [-0.3, -0.25) is 43.8 Å². The molecule has 20 nitrogen and oxygen atoms in total. The quantitative estimate of drug-likeness (QED) is 0.0746. The number of carboxylic acids is 2. The molecule has 0 spiro atoms. The second-order valence-electron chi connectivity index (χ2n) is 16.3. The second-order valence-corrected chi connectivity index (χ2v) is 16.3. The summed E-state index contributed by atoms with van der Waals surface area (Å²) in [5.74, 6) is -8.78. The zero-order valence-corrected chi connectivity index (χ0v) is 37.7. The van der Waals surface area contributed by atoms with Gasteiger partial charge in [-0.15, -0.1) is 0 Å². The van der Waals surface area contributed by atoms with Crippen LogP contribution in [-0.2, 0) is 61.0 Å². The number of hydrogen-bond acceptors (Lipinski definition) is 11. The van der Waals surface area contributed by atoms with Crippen molar-refractivity contribution in [2.75, 3.05) is 13.1 Å². The molecule has 7 atom stereocenters. The standard InChI is InChI=1S/C45H63N7O13/c1-7-21-52(45(63)65-26-31-17-13-10-14-18-31)50-42(60)35-22-32(64-25-30-15-11-9-12-16-30)24-51(35)44(62)38(27(3)4)48-43(61)39(28(5)8-2)49-40(58)33(19-20-36(54)55)47-41(59)34(23-37(56)57)46-29(6)53/h9-18,27-28,32-35,38-39H,7-8,19-26H2,1-6H3,(H,46,53)(H,47,59)(H,48,61)(H,49,58)(H,50,60)(H,54,55)(H,56,57)/t28-,32+,33+,34-,35-,38-,39-/m0/s1. The predicted octanol–water partition coefficient (Wildman–Crippen LogP) is 2.25. The molecule has 2 aromatic carbocycles. The van der Waals surface area contributed by atoms with Crippen molar-refractivity contribution in [1.82, 2.24) is 36.6 Å². The number of carboxylic acid groups (broad SMARTS) is 2. The van der Waals surface area contributed by atoms with E-state index in [2.05, 4.69) is 26.7 Å². The molecule has 0 radical (unpaired) electrons. The summed E-state index contributed by atoms with van der Waals surface area (Å²) in [6, 6.07) is 11.4. The molecule has 0 aliphatic carbocycles. The normalized spacial score (nSPS) is 16.8. The Balaban J connectivity index is 1.88. The Morgan fingerprint density at radius 3 is 1.88 bits per heavy atom. The van der Waals surface area contributed by atoms with E-state index in [-0.39, 0.29) is 32.7 Å². The number of hydrogen-bond donors (Lipinski definition) is 7. The van der Waals surface area contributed by atoms with E-state index < -0.39 is 121 Å². The zero-order valence-electron chi connectivity index (χ0n) is 37.7. The molecule has 7 N–H and O–H groups in total. The van der Waals surface area contributed by atoms with Gasteiger partial charge < -0.3 is 45.9 Å². The Bertz CT molecular complexity index is 1940. The summed E-state index contributed by atoms with van der Waals surface area (Å²) < 4.78 is 11.7. The van der Waals surface area contributed by atoms with Gasteiger partial charge in [0, 0.05) is 32.9 Å². The van der Waals surface area contributed by atoms with Crippen LogP contribution in [0.3, 0.4) is 0 Å². The monoisotopic (exact) mass is 909 g/mol. The van der Waals surface area contributed by atoms with Gasteiger partial charge in [0.1, 0.15) is 36.8 Å². The molecule has 356 valence electrons. The number of nitrogens with zero attached hydrogens (tertiary/aromatic N) is 2. The van der Waals surface area contributed by atoms with Crippen LogP contribution in [0.15, 0.2) is 60.7 Å². The fourth-order valence-electron chi connectivity index (χ4n) is 6.95. The Labute approximate surface area is 378 Å². The van der Waals surface area contributed by atoms with Gasteiger partial charge in [-0.1, -0.05) is 102 Å². The van der Waals surface area contributed by atoms with Gasteiger partial charge in [0.15, 0.2) is 0 Å². The van der Waals surface area contributed by atoms with E-state index in [1.54, 1.807) is 52.0 Å². The number of aliphatic carboxylic acids is 2. The number of nitrogens with one attached hydrogen (secondary N) is 5. The first-order valence-corrected chi connectivity index (χ1v) is 21.7. The van der Waals surface area contributed by atoms with E-state index in [0.717, 1.165) is 23.1 Å². The minimum atomic E-state index is -1.60. The molecule has 1 fully saturated rings. The summed E-state index contributed by atoms with van der Waals surface area (Å²) in [5.41, 5.74) is 4.23. The first kappa shape index (κ1) is 52.8. The van der Waals surface area contributed by atoms with Crippen LogP contribution in [0.1, 0.15) is 91.2 Å². The summed E-state index contributed by atoms with van der Waals surface area (Å²) in [7, 11) is 0. The average molecular weight is 910 g/mol. The number of amides is 7. The first-order chi connectivity index (χ1) is 30.8. The number of rotatable bonds is 24. The first-order valence-electron chi connectivity index (χ1n) is 21.7. The molecule has 0 unspecified atom stereocenters. The van der Waals surface area contributed by atoms with E-state index in [9.17, 15) is 53.4 Å². The summed E-state index contributed by atoms with van der Waals surface area (Å²) in [4.78, 5) is 119. The van der Waals surface area contributed by atoms with Gasteiger partial charge in [-0.05, 0) is 35.8 Å². The Hall–Kier alpha value is -6.57. The summed E-state index contributed by atoms with van der Waals surface area (Å²) in [6.45, 7) is 9.82. The summed E-state index contributed by atoms with van der Waals surface area (Å²) in [6.07, 6.45) is -2.48. The third-order valence-corrected chi connectivity index (χ3v) is 10.7. The summed E-state index contributed by atoms with van der Waals surface area (Å²) >= 11 is 0. The van der Waals surface area contributed by atoms with E-state index in [1.165, 1.54) is 4.90 Å². The smallest absolute Gasteiger partial charge is 0.429 e. The maximum absolute atomic E-state index is 14.6. The average Bonchev–Trinajstić information content (AvgIpc) is 3.71. The second kappa shape index (κ2) is 26.3. The number of hydrazine groups is 1. The van der Waals surface area contributed by atoms with E-state index in [4.69, 9.17) is 9.47 Å². The lowest BCUT2D eigenvalue weighted by Gasteiger charge is -2.33. The molecule has 0 bridgehead atoms. The molecular formula is C45H63N7O13. The van der Waals surface area contributed by atoms with Crippen molar-refractivity contribution >= 4 is 53.5 Å². The summed E-state index contributed by atoms with van der Waals surface area (Å²) in [5, 5.41) is 29.6. The lowest BCUT2D eigenvalue weighted by atomic mass is 9.95. The van der Waals surface area contributed by atoms with E-state index in [0.29, 0.717) is 12.8 Å². The van der Waals surface area contributed by atoms with Gasteiger partial charge >= 0.3 is 18.0 Å². The maximum atomic E-state index is 14.6. The van der Waals surface area contributed by atoms with Gasteiger partial charge in [0.25, 0.3) is 5.91 Å². The van der Waals surface area contributed by atoms with Crippen LogP contribution in [-0.4, -0.2) is 123 Å². The molecule has 65 heavy (non-hydrogen) atoms. The topological polar surface area (TPSA) is 279 Å². The highest BCUT2D eigenvalue weighted by Gasteiger charge is 2.45. The molecule has 1 heterocycles. The van der Waals surface area contributed by atoms with Crippen molar-refractivity contribution in [3.8, 4) is 0 Å². The van der Waals surface area contributed by atoms with Crippen molar-refractivity contribution in [3.05, 3.63) is 71.8 Å². The van der Waals surface area contributed by atoms with Gasteiger partial charge in [0.2, 0.25) is 29.5 Å². The van der Waals surface area contributed by atoms with Crippen LogP contribution in [0.4, 0.5) is 4.79 Å².